The highest BCUT2D eigenvalue weighted by Gasteiger charge is 2.27. The van der Waals surface area contributed by atoms with Gasteiger partial charge in [0.2, 0.25) is 0 Å². The molecule has 110 valence electrons. The minimum Gasteiger partial charge on any atom is -0.303 e. The lowest BCUT2D eigenvalue weighted by Gasteiger charge is -2.21. The summed E-state index contributed by atoms with van der Waals surface area (Å²) in [6, 6.07) is 20.3. The maximum absolute atomic E-state index is 12.3. The largest absolute Gasteiger partial charge is 0.303 e. The van der Waals surface area contributed by atoms with Crippen molar-refractivity contribution in [3.05, 3.63) is 89.1 Å². The normalized spacial score (nSPS) is 16.7. The second kappa shape index (κ2) is 6.48. The number of amides is 1. The maximum Gasteiger partial charge on any atom is 0.251 e. The average molecular weight is 401 g/mol. The fourth-order valence-corrected chi connectivity index (χ4v) is 3.67. The van der Waals surface area contributed by atoms with Gasteiger partial charge in [0.15, 0.2) is 0 Å². The van der Waals surface area contributed by atoms with Gasteiger partial charge < -0.3 is 4.90 Å². The van der Waals surface area contributed by atoms with Crippen LogP contribution >= 0.6 is 22.6 Å². The fourth-order valence-electron chi connectivity index (χ4n) is 2.59. The standard InChI is InChI=1S/C19H16INO/c1-14-12-17(22)21(13-15-8-4-2-5-9-15)19(14)18(20)16-10-6-3-7-11-16/h2-12H,13H2,1H3/b19-18-. The van der Waals surface area contributed by atoms with Gasteiger partial charge in [-0.2, -0.15) is 0 Å². The van der Waals surface area contributed by atoms with E-state index in [9.17, 15) is 4.79 Å². The summed E-state index contributed by atoms with van der Waals surface area (Å²) >= 11 is 2.34. The van der Waals surface area contributed by atoms with Gasteiger partial charge >= 0.3 is 0 Å². The molecule has 0 fully saturated rings. The number of carbonyl (C=O) groups is 1. The van der Waals surface area contributed by atoms with Crippen molar-refractivity contribution in [3.8, 4) is 0 Å². The number of halogens is 1. The quantitative estimate of drug-likeness (QED) is 0.678. The zero-order valence-electron chi connectivity index (χ0n) is 12.3. The third-order valence-electron chi connectivity index (χ3n) is 3.67. The van der Waals surface area contributed by atoms with E-state index in [4.69, 9.17) is 0 Å². The SMILES string of the molecule is CC1=CC(=O)N(Cc2ccccc2)/C1=C(\I)c1ccccc1. The molecule has 0 aromatic heterocycles. The molecule has 0 saturated carbocycles. The molecule has 0 radical (unpaired) electrons. The first kappa shape index (κ1) is 15.0. The molecule has 22 heavy (non-hydrogen) atoms. The fraction of sp³-hybridized carbons (Fsp3) is 0.105. The van der Waals surface area contributed by atoms with Gasteiger partial charge in [-0.1, -0.05) is 60.7 Å². The second-order valence-corrected chi connectivity index (χ2v) is 6.34. The van der Waals surface area contributed by atoms with Crippen LogP contribution in [0, 0.1) is 0 Å². The third-order valence-corrected chi connectivity index (χ3v) is 4.80. The molecule has 0 N–H and O–H groups in total. The van der Waals surface area contributed by atoms with Crippen LogP contribution in [0.1, 0.15) is 18.1 Å². The van der Waals surface area contributed by atoms with Gasteiger partial charge in [-0.05, 0) is 46.2 Å². The first-order chi connectivity index (χ1) is 10.7. The number of carbonyl (C=O) groups excluding carboxylic acids is 1. The van der Waals surface area contributed by atoms with Gasteiger partial charge in [0, 0.05) is 9.66 Å². The Morgan fingerprint density at radius 1 is 1.00 bits per heavy atom. The first-order valence-corrected chi connectivity index (χ1v) is 8.24. The van der Waals surface area contributed by atoms with Gasteiger partial charge in [0.25, 0.3) is 5.91 Å². The van der Waals surface area contributed by atoms with E-state index in [0.29, 0.717) is 6.54 Å². The van der Waals surface area contributed by atoms with E-state index in [1.807, 2.05) is 60.4 Å². The Morgan fingerprint density at radius 3 is 2.23 bits per heavy atom. The molecule has 3 rings (SSSR count). The van der Waals surface area contributed by atoms with Crippen molar-refractivity contribution >= 4 is 32.1 Å². The van der Waals surface area contributed by atoms with Crippen molar-refractivity contribution in [1.29, 1.82) is 0 Å². The molecule has 1 aliphatic rings. The van der Waals surface area contributed by atoms with E-state index in [2.05, 4.69) is 34.7 Å². The van der Waals surface area contributed by atoms with Gasteiger partial charge in [0.05, 0.1) is 12.2 Å². The number of allylic oxidation sites excluding steroid dienone is 1. The summed E-state index contributed by atoms with van der Waals surface area (Å²) in [6.45, 7) is 2.60. The number of rotatable bonds is 3. The molecule has 2 nitrogen and oxygen atoms in total. The predicted octanol–water partition coefficient (Wildman–Crippen LogP) is 4.78. The minimum absolute atomic E-state index is 0.0569. The zero-order chi connectivity index (χ0) is 15.5. The Morgan fingerprint density at radius 2 is 1.59 bits per heavy atom. The summed E-state index contributed by atoms with van der Waals surface area (Å²) in [6.07, 6.45) is 1.72. The topological polar surface area (TPSA) is 20.3 Å². The molecule has 0 unspecified atom stereocenters. The molecule has 3 heteroatoms. The Labute approximate surface area is 144 Å². The lowest BCUT2D eigenvalue weighted by atomic mass is 10.1. The summed E-state index contributed by atoms with van der Waals surface area (Å²) in [4.78, 5) is 14.2. The average Bonchev–Trinajstić information content (AvgIpc) is 2.82. The van der Waals surface area contributed by atoms with E-state index >= 15 is 0 Å². The molecule has 1 amide bonds. The third kappa shape index (κ3) is 2.99. The Bertz CT molecular complexity index is 748. The van der Waals surface area contributed by atoms with Crippen LogP contribution in [-0.4, -0.2) is 10.8 Å². The molecular weight excluding hydrogens is 385 g/mol. The van der Waals surface area contributed by atoms with Crippen LogP contribution in [0.3, 0.4) is 0 Å². The summed E-state index contributed by atoms with van der Waals surface area (Å²) in [5.74, 6) is 0.0569. The predicted molar refractivity (Wildman–Crippen MR) is 98.1 cm³/mol. The number of hydrogen-bond acceptors (Lipinski definition) is 1. The van der Waals surface area contributed by atoms with E-state index in [-0.39, 0.29) is 5.91 Å². The van der Waals surface area contributed by atoms with Gasteiger partial charge in [-0.15, -0.1) is 0 Å². The van der Waals surface area contributed by atoms with Crippen molar-refractivity contribution in [2.24, 2.45) is 0 Å². The molecule has 0 aliphatic carbocycles. The summed E-state index contributed by atoms with van der Waals surface area (Å²) in [5.41, 5.74) is 4.31. The molecule has 2 aromatic rings. The van der Waals surface area contributed by atoms with Crippen molar-refractivity contribution in [2.45, 2.75) is 13.5 Å². The number of nitrogens with zero attached hydrogens (tertiary/aromatic N) is 1. The Hall–Kier alpha value is -1.88. The van der Waals surface area contributed by atoms with Crippen molar-refractivity contribution in [2.75, 3.05) is 0 Å². The van der Waals surface area contributed by atoms with E-state index in [1.54, 1.807) is 6.08 Å². The Kier molecular flexibility index (Phi) is 4.43. The highest BCUT2D eigenvalue weighted by atomic mass is 127. The number of benzene rings is 2. The highest BCUT2D eigenvalue weighted by molar-refractivity contribution is 14.1. The molecule has 1 heterocycles. The molecule has 0 saturated heterocycles. The van der Waals surface area contributed by atoms with E-state index in [0.717, 1.165) is 26.0 Å². The second-order valence-electron chi connectivity index (χ2n) is 5.27. The van der Waals surface area contributed by atoms with Crippen LogP contribution < -0.4 is 0 Å². The first-order valence-electron chi connectivity index (χ1n) is 7.16. The van der Waals surface area contributed by atoms with Gasteiger partial charge in [0.1, 0.15) is 0 Å². The summed E-state index contributed by atoms with van der Waals surface area (Å²) < 4.78 is 1.11. The highest BCUT2D eigenvalue weighted by Crippen LogP contribution is 2.36. The molecule has 1 aliphatic heterocycles. The summed E-state index contributed by atoms with van der Waals surface area (Å²) in [7, 11) is 0. The van der Waals surface area contributed by atoms with Gasteiger partial charge in [-0.3, -0.25) is 4.79 Å². The van der Waals surface area contributed by atoms with Crippen LogP contribution in [0.2, 0.25) is 0 Å². The summed E-state index contributed by atoms with van der Waals surface area (Å²) in [5, 5.41) is 0. The smallest absolute Gasteiger partial charge is 0.251 e. The molecular formula is C19H16INO. The van der Waals surface area contributed by atoms with Crippen molar-refractivity contribution in [3.63, 3.8) is 0 Å². The minimum atomic E-state index is 0.0569. The monoisotopic (exact) mass is 401 g/mol. The maximum atomic E-state index is 12.3. The van der Waals surface area contributed by atoms with Crippen LogP contribution in [0.25, 0.3) is 3.58 Å². The molecule has 2 aromatic carbocycles. The van der Waals surface area contributed by atoms with E-state index < -0.39 is 0 Å². The molecule has 0 atom stereocenters. The van der Waals surface area contributed by atoms with Crippen LogP contribution in [0.15, 0.2) is 78.0 Å². The van der Waals surface area contributed by atoms with Crippen LogP contribution in [0.4, 0.5) is 0 Å². The van der Waals surface area contributed by atoms with Crippen LogP contribution in [0.5, 0.6) is 0 Å². The lowest BCUT2D eigenvalue weighted by Crippen LogP contribution is -2.24. The van der Waals surface area contributed by atoms with Crippen molar-refractivity contribution in [1.82, 2.24) is 4.90 Å². The van der Waals surface area contributed by atoms with E-state index in [1.165, 1.54) is 0 Å². The molecule has 0 spiro atoms. The zero-order valence-corrected chi connectivity index (χ0v) is 14.4. The van der Waals surface area contributed by atoms with Crippen LogP contribution in [-0.2, 0) is 11.3 Å². The van der Waals surface area contributed by atoms with Crippen molar-refractivity contribution < 1.29 is 4.79 Å². The Balaban J connectivity index is 2.00. The lowest BCUT2D eigenvalue weighted by molar-refractivity contribution is -0.123. The van der Waals surface area contributed by atoms with Gasteiger partial charge in [-0.25, -0.2) is 0 Å². The molecule has 0 bridgehead atoms. The number of hydrogen-bond donors (Lipinski definition) is 0.